The van der Waals surface area contributed by atoms with Gasteiger partial charge in [0, 0.05) is 11.4 Å². The molecule has 0 fully saturated rings. The van der Waals surface area contributed by atoms with E-state index in [0.717, 1.165) is 19.5 Å². The van der Waals surface area contributed by atoms with E-state index in [1.807, 2.05) is 16.3 Å². The molecule has 0 saturated heterocycles. The lowest BCUT2D eigenvalue weighted by Crippen LogP contribution is -2.86. The summed E-state index contributed by atoms with van der Waals surface area (Å²) in [6, 6.07) is 10.8. The molecule has 1 aromatic heterocycles. The van der Waals surface area contributed by atoms with Gasteiger partial charge in [0.25, 0.3) is 5.91 Å². The average Bonchev–Trinajstić information content (AvgIpc) is 3.03. The first kappa shape index (κ1) is 16.0. The Morgan fingerprint density at radius 3 is 2.91 bits per heavy atom. The predicted octanol–water partition coefficient (Wildman–Crippen LogP) is 2.28. The number of amides is 1. The summed E-state index contributed by atoms with van der Waals surface area (Å²) >= 11 is 1.80. The number of thiophene rings is 1. The van der Waals surface area contributed by atoms with Crippen molar-refractivity contribution in [1.82, 2.24) is 4.90 Å². The molecular formula is C19H23N2OS+. The van der Waals surface area contributed by atoms with E-state index in [9.17, 15) is 4.79 Å². The Balaban J connectivity index is 1.90. The van der Waals surface area contributed by atoms with Crippen LogP contribution in [0.5, 0.6) is 0 Å². The summed E-state index contributed by atoms with van der Waals surface area (Å²) in [7, 11) is 0. The van der Waals surface area contributed by atoms with Crippen molar-refractivity contribution in [1.29, 1.82) is 0 Å². The van der Waals surface area contributed by atoms with Crippen molar-refractivity contribution >= 4 is 17.2 Å². The van der Waals surface area contributed by atoms with E-state index in [1.54, 1.807) is 11.3 Å². The summed E-state index contributed by atoms with van der Waals surface area (Å²) in [6.07, 6.45) is 2.79. The Hall–Kier alpha value is -1.91. The summed E-state index contributed by atoms with van der Waals surface area (Å²) < 4.78 is 0. The van der Waals surface area contributed by atoms with Gasteiger partial charge in [-0.05, 0) is 42.0 Å². The zero-order valence-corrected chi connectivity index (χ0v) is 14.3. The lowest BCUT2D eigenvalue weighted by Gasteiger charge is -2.36. The summed E-state index contributed by atoms with van der Waals surface area (Å²) in [5.41, 5.74) is 3.74. The fourth-order valence-electron chi connectivity index (χ4n) is 3.14. The fraction of sp³-hybridized carbons (Fsp3) is 0.316. The van der Waals surface area contributed by atoms with Gasteiger partial charge in [-0.2, -0.15) is 0 Å². The molecule has 1 amide bonds. The molecule has 3 nitrogen and oxygen atoms in total. The van der Waals surface area contributed by atoms with Gasteiger partial charge in [0.2, 0.25) is 0 Å². The summed E-state index contributed by atoms with van der Waals surface area (Å²) in [5.74, 6) is 0.203. The van der Waals surface area contributed by atoms with Crippen LogP contribution in [0.1, 0.15) is 27.6 Å². The van der Waals surface area contributed by atoms with Crippen LogP contribution >= 0.6 is 11.3 Å². The van der Waals surface area contributed by atoms with Crippen molar-refractivity contribution in [3.63, 3.8) is 0 Å². The van der Waals surface area contributed by atoms with E-state index in [2.05, 4.69) is 49.2 Å². The summed E-state index contributed by atoms with van der Waals surface area (Å²) in [4.78, 5) is 16.2. The molecule has 0 aliphatic carbocycles. The third-order valence-corrected chi connectivity index (χ3v) is 5.33. The molecule has 23 heavy (non-hydrogen) atoms. The van der Waals surface area contributed by atoms with Gasteiger partial charge in [-0.25, -0.2) is 0 Å². The predicted molar refractivity (Wildman–Crippen MR) is 94.6 cm³/mol. The van der Waals surface area contributed by atoms with Crippen LogP contribution in [-0.4, -0.2) is 30.4 Å². The van der Waals surface area contributed by atoms with Crippen LogP contribution in [0.3, 0.4) is 0 Å². The molecule has 0 spiro atoms. The number of hydrogen-bond acceptors (Lipinski definition) is 2. The van der Waals surface area contributed by atoms with Gasteiger partial charge in [-0.1, -0.05) is 36.4 Å². The van der Waals surface area contributed by atoms with Crippen molar-refractivity contribution in [2.24, 2.45) is 0 Å². The molecular weight excluding hydrogens is 304 g/mol. The van der Waals surface area contributed by atoms with Crippen molar-refractivity contribution in [2.45, 2.75) is 19.4 Å². The monoisotopic (exact) mass is 327 g/mol. The number of carbonyl (C=O) groups is 1. The smallest absolute Gasteiger partial charge is 0.278 e. The molecule has 3 rings (SSSR count). The van der Waals surface area contributed by atoms with Crippen LogP contribution < -0.4 is 5.32 Å². The third-order valence-electron chi connectivity index (χ3n) is 4.33. The molecule has 0 saturated carbocycles. The van der Waals surface area contributed by atoms with E-state index < -0.39 is 0 Å². The van der Waals surface area contributed by atoms with Gasteiger partial charge >= 0.3 is 0 Å². The summed E-state index contributed by atoms with van der Waals surface area (Å²) in [5, 5.41) is 4.15. The maximum atomic E-state index is 12.7. The van der Waals surface area contributed by atoms with E-state index in [4.69, 9.17) is 0 Å². The highest BCUT2D eigenvalue weighted by Gasteiger charge is 2.33. The van der Waals surface area contributed by atoms with Crippen LogP contribution in [0.4, 0.5) is 0 Å². The number of nitrogens with two attached hydrogens (primary N) is 1. The van der Waals surface area contributed by atoms with Crippen molar-refractivity contribution in [2.75, 3.05) is 19.6 Å². The average molecular weight is 327 g/mol. The SMILES string of the molecule is C=CC[NH2+]CC(=O)N1CCc2sccc2[C@@H]1c1ccc(C)cc1. The Labute approximate surface area is 141 Å². The van der Waals surface area contributed by atoms with Crippen LogP contribution in [0.15, 0.2) is 48.4 Å². The Morgan fingerprint density at radius 2 is 2.17 bits per heavy atom. The first-order valence-corrected chi connectivity index (χ1v) is 8.93. The third kappa shape index (κ3) is 3.38. The number of aryl methyl sites for hydroxylation is 1. The largest absolute Gasteiger partial charge is 0.335 e. The van der Waals surface area contributed by atoms with Crippen molar-refractivity contribution in [3.05, 3.63) is 69.9 Å². The molecule has 2 heterocycles. The highest BCUT2D eigenvalue weighted by molar-refractivity contribution is 7.10. The zero-order valence-electron chi connectivity index (χ0n) is 13.5. The zero-order chi connectivity index (χ0) is 16.2. The number of rotatable bonds is 5. The van der Waals surface area contributed by atoms with Gasteiger partial charge in [0.05, 0.1) is 12.6 Å². The second-order valence-electron chi connectivity index (χ2n) is 5.97. The van der Waals surface area contributed by atoms with Gasteiger partial charge in [-0.3, -0.25) is 4.79 Å². The molecule has 2 N–H and O–H groups in total. The number of carbonyl (C=O) groups excluding carboxylic acids is 1. The molecule has 1 aliphatic rings. The van der Waals surface area contributed by atoms with Crippen molar-refractivity contribution < 1.29 is 10.1 Å². The van der Waals surface area contributed by atoms with Crippen LogP contribution in [-0.2, 0) is 11.2 Å². The molecule has 120 valence electrons. The normalized spacial score (nSPS) is 16.9. The highest BCUT2D eigenvalue weighted by atomic mass is 32.1. The number of fused-ring (bicyclic) bond motifs is 1. The van der Waals surface area contributed by atoms with Crippen LogP contribution in [0.25, 0.3) is 0 Å². The van der Waals surface area contributed by atoms with Crippen LogP contribution in [0.2, 0.25) is 0 Å². The molecule has 4 heteroatoms. The highest BCUT2D eigenvalue weighted by Crippen LogP contribution is 2.37. The standard InChI is InChI=1S/C19H22N2OS/c1-3-10-20-13-18(22)21-11-8-17-16(9-12-23-17)19(21)15-6-4-14(2)5-7-15/h3-7,9,12,19-20H,1,8,10-11,13H2,2H3/p+1/t19-/m0/s1. The van der Waals surface area contributed by atoms with Gasteiger partial charge in [-0.15, -0.1) is 11.3 Å². The fourth-order valence-corrected chi connectivity index (χ4v) is 4.04. The first-order valence-electron chi connectivity index (χ1n) is 8.05. The Kier molecular flexibility index (Phi) is 4.94. The van der Waals surface area contributed by atoms with E-state index in [1.165, 1.54) is 21.6 Å². The van der Waals surface area contributed by atoms with Crippen molar-refractivity contribution in [3.8, 4) is 0 Å². The Bertz CT molecular complexity index is 690. The minimum absolute atomic E-state index is 0.0511. The molecule has 1 atom stereocenters. The lowest BCUT2D eigenvalue weighted by atomic mass is 9.92. The number of quaternary nitrogens is 1. The quantitative estimate of drug-likeness (QED) is 0.664. The number of benzene rings is 1. The Morgan fingerprint density at radius 1 is 1.39 bits per heavy atom. The first-order chi connectivity index (χ1) is 11.2. The molecule has 2 aromatic rings. The van der Waals surface area contributed by atoms with Gasteiger partial charge in [0.15, 0.2) is 6.54 Å². The molecule has 0 bridgehead atoms. The number of nitrogens with zero attached hydrogens (tertiary/aromatic N) is 1. The maximum absolute atomic E-state index is 12.7. The van der Waals surface area contributed by atoms with Gasteiger partial charge < -0.3 is 10.2 Å². The minimum atomic E-state index is 0.0511. The van der Waals surface area contributed by atoms with Crippen LogP contribution in [0, 0.1) is 6.92 Å². The minimum Gasteiger partial charge on any atom is -0.335 e. The van der Waals surface area contributed by atoms with E-state index >= 15 is 0 Å². The molecule has 1 aliphatic heterocycles. The maximum Gasteiger partial charge on any atom is 0.278 e. The van der Waals surface area contributed by atoms with E-state index in [-0.39, 0.29) is 11.9 Å². The van der Waals surface area contributed by atoms with E-state index in [0.29, 0.717) is 6.54 Å². The second kappa shape index (κ2) is 7.11. The topological polar surface area (TPSA) is 36.9 Å². The molecule has 0 radical (unpaired) electrons. The lowest BCUT2D eigenvalue weighted by molar-refractivity contribution is -0.635. The van der Waals surface area contributed by atoms with Gasteiger partial charge in [0.1, 0.15) is 0 Å². The molecule has 1 aromatic carbocycles. The number of hydrogen-bond donors (Lipinski definition) is 1. The summed E-state index contributed by atoms with van der Waals surface area (Å²) in [6.45, 7) is 7.85. The second-order valence-corrected chi connectivity index (χ2v) is 6.97. The molecule has 0 unspecified atom stereocenters.